The molecule has 1 aromatic carbocycles. The van der Waals surface area contributed by atoms with Crippen LogP contribution in [0.25, 0.3) is 0 Å². The van der Waals surface area contributed by atoms with E-state index < -0.39 is 22.7 Å². The molecule has 1 fully saturated rings. The van der Waals surface area contributed by atoms with Crippen LogP contribution in [0.5, 0.6) is 5.75 Å². The highest BCUT2D eigenvalue weighted by molar-refractivity contribution is 6.30. The first-order valence-electron chi connectivity index (χ1n) is 12.1. The van der Waals surface area contributed by atoms with Crippen LogP contribution in [0.4, 0.5) is 4.39 Å². The number of methoxy groups -OCH3 is 1. The van der Waals surface area contributed by atoms with Gasteiger partial charge in [-0.1, -0.05) is 37.1 Å². The van der Waals surface area contributed by atoms with Gasteiger partial charge in [-0.25, -0.2) is 4.39 Å². The molecule has 1 aromatic heterocycles. The number of aromatic nitrogens is 1. The zero-order chi connectivity index (χ0) is 26.0. The van der Waals surface area contributed by atoms with Gasteiger partial charge in [0, 0.05) is 45.6 Å². The van der Waals surface area contributed by atoms with Crippen molar-refractivity contribution in [2.45, 2.75) is 44.7 Å². The predicted molar refractivity (Wildman–Crippen MR) is 133 cm³/mol. The second-order valence-electron chi connectivity index (χ2n) is 9.63. The van der Waals surface area contributed by atoms with Crippen molar-refractivity contribution >= 4 is 23.4 Å². The molecule has 10 heteroatoms. The topological polar surface area (TPSA) is 89.9 Å². The van der Waals surface area contributed by atoms with Crippen molar-refractivity contribution in [1.82, 2.24) is 14.8 Å². The molecule has 8 nitrogen and oxygen atoms in total. The van der Waals surface area contributed by atoms with Gasteiger partial charge in [0.15, 0.2) is 11.4 Å². The molecular weight excluding hydrogens is 489 g/mol. The van der Waals surface area contributed by atoms with Gasteiger partial charge in [-0.15, -0.1) is 0 Å². The maximum Gasteiger partial charge on any atom is 0.274 e. The third-order valence-electron chi connectivity index (χ3n) is 6.96. The summed E-state index contributed by atoms with van der Waals surface area (Å²) >= 11 is 5.84. The Kier molecular flexibility index (Phi) is 7.70. The van der Waals surface area contributed by atoms with Gasteiger partial charge in [0.1, 0.15) is 11.4 Å². The van der Waals surface area contributed by atoms with Crippen LogP contribution in [-0.4, -0.2) is 55.2 Å². The molecule has 1 saturated carbocycles. The Morgan fingerprint density at radius 3 is 2.75 bits per heavy atom. The number of fused-ring (bicyclic) bond motifs is 2. The van der Waals surface area contributed by atoms with Crippen LogP contribution < -0.4 is 15.5 Å². The highest BCUT2D eigenvalue weighted by Crippen LogP contribution is 2.48. The largest absolute Gasteiger partial charge is 0.487 e. The molecule has 1 aliphatic carbocycles. The number of nitrogens with one attached hydrogen (secondary N) is 1. The van der Waals surface area contributed by atoms with E-state index in [1.807, 2.05) is 6.92 Å². The van der Waals surface area contributed by atoms with Crippen molar-refractivity contribution in [3.05, 3.63) is 62.3 Å². The van der Waals surface area contributed by atoms with Gasteiger partial charge in [-0.2, -0.15) is 0 Å². The fourth-order valence-electron chi connectivity index (χ4n) is 5.20. The number of halogens is 2. The van der Waals surface area contributed by atoms with Crippen molar-refractivity contribution in [3.63, 3.8) is 0 Å². The van der Waals surface area contributed by atoms with Gasteiger partial charge in [0.05, 0.1) is 17.2 Å². The Hall–Kier alpha value is -2.91. The maximum absolute atomic E-state index is 14.3. The summed E-state index contributed by atoms with van der Waals surface area (Å²) in [6.07, 6.45) is 4.46. The SMILES string of the molecule is CCCCOc1c2n(cc(C(=O)NCc3cccc(Cl)c3F)c1=O)[C@]1(CN(C)C2=O)C[C@@H](COC)C1. The average molecular weight is 520 g/mol. The normalized spacial score (nSPS) is 20.8. The van der Waals surface area contributed by atoms with Crippen LogP contribution in [0.2, 0.25) is 5.02 Å². The average Bonchev–Trinajstić information content (AvgIpc) is 2.83. The van der Waals surface area contributed by atoms with Crippen LogP contribution in [0.3, 0.4) is 0 Å². The number of benzene rings is 1. The second-order valence-corrected chi connectivity index (χ2v) is 10.0. The molecule has 2 amide bonds. The molecule has 2 heterocycles. The summed E-state index contributed by atoms with van der Waals surface area (Å²) in [4.78, 5) is 41.5. The number of hydrogen-bond donors (Lipinski definition) is 1. The van der Waals surface area contributed by atoms with Crippen molar-refractivity contribution in [3.8, 4) is 5.75 Å². The second kappa shape index (κ2) is 10.6. The molecule has 0 atom stereocenters. The molecule has 0 saturated heterocycles. The molecule has 2 aliphatic rings. The third-order valence-corrected chi connectivity index (χ3v) is 7.25. The molecule has 36 heavy (non-hydrogen) atoms. The first kappa shape index (κ1) is 26.2. The van der Waals surface area contributed by atoms with Crippen molar-refractivity contribution in [2.24, 2.45) is 5.92 Å². The monoisotopic (exact) mass is 519 g/mol. The van der Waals surface area contributed by atoms with E-state index in [0.717, 1.165) is 19.3 Å². The Balaban J connectivity index is 1.74. The maximum atomic E-state index is 14.3. The van der Waals surface area contributed by atoms with Gasteiger partial charge in [-0.3, -0.25) is 14.4 Å². The summed E-state index contributed by atoms with van der Waals surface area (Å²) in [5, 5.41) is 2.56. The summed E-state index contributed by atoms with van der Waals surface area (Å²) in [5.41, 5.74) is -0.917. The van der Waals surface area contributed by atoms with Crippen LogP contribution in [0.1, 0.15) is 59.0 Å². The van der Waals surface area contributed by atoms with Gasteiger partial charge < -0.3 is 24.3 Å². The summed E-state index contributed by atoms with van der Waals surface area (Å²) in [5.74, 6) is -1.44. The third kappa shape index (κ3) is 4.74. The molecule has 1 N–H and O–H groups in total. The van der Waals surface area contributed by atoms with Gasteiger partial charge in [0.25, 0.3) is 11.8 Å². The van der Waals surface area contributed by atoms with E-state index in [0.29, 0.717) is 25.5 Å². The Bertz CT molecular complexity index is 1220. The lowest BCUT2D eigenvalue weighted by Gasteiger charge is -2.54. The van der Waals surface area contributed by atoms with E-state index in [2.05, 4.69) is 5.32 Å². The molecule has 0 radical (unpaired) electrons. The number of ether oxygens (including phenoxy) is 2. The van der Waals surface area contributed by atoms with E-state index in [1.165, 1.54) is 18.3 Å². The molecule has 0 unspecified atom stereocenters. The molecule has 0 bridgehead atoms. The number of hydrogen-bond acceptors (Lipinski definition) is 5. The fraction of sp³-hybridized carbons (Fsp3) is 0.500. The summed E-state index contributed by atoms with van der Waals surface area (Å²) in [7, 11) is 3.36. The van der Waals surface area contributed by atoms with Crippen LogP contribution in [0, 0.1) is 11.7 Å². The van der Waals surface area contributed by atoms with Crippen LogP contribution >= 0.6 is 11.6 Å². The van der Waals surface area contributed by atoms with Gasteiger partial charge in [0.2, 0.25) is 5.43 Å². The molecule has 1 spiro atoms. The van der Waals surface area contributed by atoms with Gasteiger partial charge in [-0.05, 0) is 31.2 Å². The zero-order valence-corrected chi connectivity index (χ0v) is 21.5. The number of nitrogens with zero attached hydrogens (tertiary/aromatic N) is 2. The number of pyridine rings is 1. The number of carbonyl (C=O) groups excluding carboxylic acids is 2. The quantitative estimate of drug-likeness (QED) is 0.511. The summed E-state index contributed by atoms with van der Waals surface area (Å²) in [6, 6.07) is 4.51. The fourth-order valence-corrected chi connectivity index (χ4v) is 5.39. The van der Waals surface area contributed by atoms with Crippen LogP contribution in [-0.2, 0) is 16.8 Å². The van der Waals surface area contributed by atoms with E-state index >= 15 is 0 Å². The van der Waals surface area contributed by atoms with Crippen molar-refractivity contribution in [1.29, 1.82) is 0 Å². The minimum Gasteiger partial charge on any atom is -0.487 e. The zero-order valence-electron chi connectivity index (χ0n) is 20.7. The van der Waals surface area contributed by atoms with E-state index in [9.17, 15) is 18.8 Å². The standard InChI is InChI=1S/C26H31ClFN3O5/c1-4-5-9-36-23-21-25(34)30(2)15-26(10-16(11-26)14-35-3)31(21)13-18(22(23)32)24(33)29-12-17-7-6-8-19(27)20(17)28/h6-8,13,16H,4-5,9-12,14-15H2,1-3H3,(H,29,33)/t16-,26-. The molecule has 2 aromatic rings. The Morgan fingerprint density at radius 1 is 1.31 bits per heavy atom. The minimum absolute atomic E-state index is 0.0534. The smallest absolute Gasteiger partial charge is 0.274 e. The number of rotatable bonds is 9. The van der Waals surface area contributed by atoms with E-state index in [1.54, 1.807) is 29.7 Å². The first-order valence-corrected chi connectivity index (χ1v) is 12.5. The summed E-state index contributed by atoms with van der Waals surface area (Å²) in [6.45, 7) is 3.12. The van der Waals surface area contributed by atoms with E-state index in [-0.39, 0.29) is 46.7 Å². The lowest BCUT2D eigenvalue weighted by Crippen LogP contribution is -2.60. The van der Waals surface area contributed by atoms with E-state index in [4.69, 9.17) is 21.1 Å². The highest BCUT2D eigenvalue weighted by atomic mass is 35.5. The number of unbranched alkanes of at least 4 members (excludes halogenated alkanes) is 1. The first-order chi connectivity index (χ1) is 17.2. The number of carbonyl (C=O) groups is 2. The summed E-state index contributed by atoms with van der Waals surface area (Å²) < 4.78 is 27.2. The predicted octanol–water partition coefficient (Wildman–Crippen LogP) is 3.59. The Morgan fingerprint density at radius 2 is 2.06 bits per heavy atom. The molecule has 194 valence electrons. The minimum atomic E-state index is -0.677. The van der Waals surface area contributed by atoms with Crippen LogP contribution in [0.15, 0.2) is 29.2 Å². The van der Waals surface area contributed by atoms with Gasteiger partial charge >= 0.3 is 0 Å². The lowest BCUT2D eigenvalue weighted by atomic mass is 9.67. The van der Waals surface area contributed by atoms with Crippen molar-refractivity contribution in [2.75, 3.05) is 33.9 Å². The molecule has 1 aliphatic heterocycles. The number of likely N-dealkylation sites (N-methyl/N-ethyl adjacent to an activating group) is 1. The molecular formula is C26H31ClFN3O5. The Labute approximate surface area is 214 Å². The van der Waals surface area contributed by atoms with Crippen molar-refractivity contribution < 1.29 is 23.5 Å². The number of amides is 2. The molecule has 4 rings (SSSR count). The lowest BCUT2D eigenvalue weighted by molar-refractivity contribution is -0.0191. The highest BCUT2D eigenvalue weighted by Gasteiger charge is 2.52.